The van der Waals surface area contributed by atoms with Gasteiger partial charge < -0.3 is 10.2 Å². The monoisotopic (exact) mass is 617 g/mol. The average molecular weight is 619 g/mol. The third kappa shape index (κ3) is 9.21. The molecule has 0 bridgehead atoms. The number of hydrogen-bond acceptors (Lipinski definition) is 4. The molecule has 0 aliphatic rings. The summed E-state index contributed by atoms with van der Waals surface area (Å²) in [6.07, 6.45) is 1.27. The topological polar surface area (TPSA) is 86.8 Å². The summed E-state index contributed by atoms with van der Waals surface area (Å²) in [7, 11) is -3.85. The first-order valence-electron chi connectivity index (χ1n) is 13.2. The van der Waals surface area contributed by atoms with E-state index in [2.05, 4.69) is 5.32 Å². The van der Waals surface area contributed by atoms with E-state index in [1.807, 2.05) is 71.0 Å². The molecule has 3 aromatic carbocycles. The fourth-order valence-corrected chi connectivity index (χ4v) is 5.64. The fraction of sp³-hybridized carbons (Fsp3) is 0.355. The van der Waals surface area contributed by atoms with Gasteiger partial charge >= 0.3 is 0 Å². The van der Waals surface area contributed by atoms with Crippen molar-refractivity contribution >= 4 is 50.7 Å². The van der Waals surface area contributed by atoms with E-state index in [4.69, 9.17) is 23.2 Å². The Balaban J connectivity index is 2.11. The van der Waals surface area contributed by atoms with Crippen LogP contribution in [0.1, 0.15) is 43.0 Å². The van der Waals surface area contributed by atoms with Crippen molar-refractivity contribution in [2.75, 3.05) is 17.1 Å². The fourth-order valence-electron chi connectivity index (χ4n) is 4.33. The van der Waals surface area contributed by atoms with Crippen LogP contribution in [-0.2, 0) is 32.6 Å². The van der Waals surface area contributed by atoms with E-state index in [0.29, 0.717) is 21.3 Å². The summed E-state index contributed by atoms with van der Waals surface area (Å²) in [6, 6.07) is 18.5. The molecule has 0 saturated carbocycles. The summed E-state index contributed by atoms with van der Waals surface area (Å²) in [6.45, 7) is 8.85. The second-order valence-electron chi connectivity index (χ2n) is 11.2. The molecule has 1 N–H and O–H groups in total. The number of sulfonamides is 1. The van der Waals surface area contributed by atoms with Gasteiger partial charge in [-0.25, -0.2) is 8.42 Å². The van der Waals surface area contributed by atoms with E-state index < -0.39 is 34.1 Å². The number of aryl methyl sites for hydroxylation is 2. The molecular weight excluding hydrogens is 581 g/mol. The third-order valence-corrected chi connectivity index (χ3v) is 8.31. The molecule has 0 aliphatic carbocycles. The molecule has 2 amide bonds. The molecule has 10 heteroatoms. The number of rotatable bonds is 10. The summed E-state index contributed by atoms with van der Waals surface area (Å²) in [5, 5.41) is 3.76. The molecule has 0 spiro atoms. The van der Waals surface area contributed by atoms with Gasteiger partial charge in [-0.15, -0.1) is 0 Å². The summed E-state index contributed by atoms with van der Waals surface area (Å²) in [5.41, 5.74) is 3.09. The highest BCUT2D eigenvalue weighted by Gasteiger charge is 2.34. The van der Waals surface area contributed by atoms with Crippen molar-refractivity contribution in [2.24, 2.45) is 0 Å². The van der Waals surface area contributed by atoms with Gasteiger partial charge in [0.25, 0.3) is 0 Å². The molecule has 0 heterocycles. The SMILES string of the molecule is Cc1ccc(N(CC(=O)N(Cc2ccc(Cl)cc2Cl)C(Cc2ccccc2)C(=O)NC(C)(C)C)S(C)(=O)=O)cc1C. The van der Waals surface area contributed by atoms with Crippen LogP contribution in [0.15, 0.2) is 66.7 Å². The maximum Gasteiger partial charge on any atom is 0.244 e. The van der Waals surface area contributed by atoms with Crippen molar-refractivity contribution in [2.45, 2.75) is 59.2 Å². The molecule has 7 nitrogen and oxygen atoms in total. The average Bonchev–Trinajstić information content (AvgIpc) is 2.86. The highest BCUT2D eigenvalue weighted by molar-refractivity contribution is 7.92. The first-order chi connectivity index (χ1) is 19.0. The largest absolute Gasteiger partial charge is 0.350 e. The molecule has 220 valence electrons. The van der Waals surface area contributed by atoms with Crippen molar-refractivity contribution in [3.8, 4) is 0 Å². The number of benzene rings is 3. The Labute approximate surface area is 253 Å². The van der Waals surface area contributed by atoms with Gasteiger partial charge in [-0.05, 0) is 81.1 Å². The van der Waals surface area contributed by atoms with Crippen LogP contribution >= 0.6 is 23.2 Å². The zero-order chi connectivity index (χ0) is 30.5. The van der Waals surface area contributed by atoms with Gasteiger partial charge in [0.1, 0.15) is 12.6 Å². The normalized spacial score (nSPS) is 12.5. The van der Waals surface area contributed by atoms with Crippen molar-refractivity contribution in [1.29, 1.82) is 0 Å². The van der Waals surface area contributed by atoms with E-state index in [1.165, 1.54) is 4.90 Å². The smallest absolute Gasteiger partial charge is 0.244 e. The lowest BCUT2D eigenvalue weighted by atomic mass is 10.0. The van der Waals surface area contributed by atoms with Crippen LogP contribution in [0.5, 0.6) is 0 Å². The Morgan fingerprint density at radius 1 is 0.927 bits per heavy atom. The maximum atomic E-state index is 14.2. The Hall–Kier alpha value is -3.07. The van der Waals surface area contributed by atoms with Crippen LogP contribution < -0.4 is 9.62 Å². The first kappa shape index (κ1) is 32.4. The van der Waals surface area contributed by atoms with Crippen molar-refractivity contribution in [1.82, 2.24) is 10.2 Å². The molecule has 1 unspecified atom stereocenters. The van der Waals surface area contributed by atoms with E-state index in [9.17, 15) is 18.0 Å². The van der Waals surface area contributed by atoms with Gasteiger partial charge in [-0.2, -0.15) is 0 Å². The predicted molar refractivity (Wildman–Crippen MR) is 167 cm³/mol. The van der Waals surface area contributed by atoms with Crippen LogP contribution in [0.25, 0.3) is 0 Å². The molecular formula is C31H37Cl2N3O4S. The Morgan fingerprint density at radius 2 is 1.59 bits per heavy atom. The lowest BCUT2D eigenvalue weighted by Crippen LogP contribution is -2.56. The van der Waals surface area contributed by atoms with Gasteiger partial charge in [0.05, 0.1) is 11.9 Å². The van der Waals surface area contributed by atoms with E-state index in [0.717, 1.165) is 27.3 Å². The molecule has 0 fully saturated rings. The highest BCUT2D eigenvalue weighted by Crippen LogP contribution is 2.26. The Bertz CT molecular complexity index is 1510. The van der Waals surface area contributed by atoms with Gasteiger partial charge in [-0.3, -0.25) is 13.9 Å². The third-order valence-electron chi connectivity index (χ3n) is 6.58. The van der Waals surface area contributed by atoms with Crippen molar-refractivity contribution < 1.29 is 18.0 Å². The molecule has 0 aromatic heterocycles. The van der Waals surface area contributed by atoms with E-state index in [1.54, 1.807) is 30.3 Å². The van der Waals surface area contributed by atoms with Gasteiger partial charge in [0, 0.05) is 28.5 Å². The number of nitrogens with one attached hydrogen (secondary N) is 1. The predicted octanol–water partition coefficient (Wildman–Crippen LogP) is 5.93. The van der Waals surface area contributed by atoms with Crippen LogP contribution in [0.4, 0.5) is 5.69 Å². The number of anilines is 1. The Kier molecular flexibility index (Phi) is 10.5. The van der Waals surface area contributed by atoms with Crippen LogP contribution in [-0.4, -0.2) is 49.5 Å². The second kappa shape index (κ2) is 13.3. The first-order valence-corrected chi connectivity index (χ1v) is 15.8. The zero-order valence-electron chi connectivity index (χ0n) is 24.2. The maximum absolute atomic E-state index is 14.2. The minimum absolute atomic E-state index is 0.0333. The molecule has 0 saturated heterocycles. The number of carbonyl (C=O) groups excluding carboxylic acids is 2. The minimum Gasteiger partial charge on any atom is -0.350 e. The van der Waals surface area contributed by atoms with Gasteiger partial charge in [0.2, 0.25) is 21.8 Å². The molecule has 3 rings (SSSR count). The Morgan fingerprint density at radius 3 is 2.15 bits per heavy atom. The van der Waals surface area contributed by atoms with E-state index in [-0.39, 0.29) is 18.9 Å². The lowest BCUT2D eigenvalue weighted by Gasteiger charge is -2.35. The number of hydrogen-bond donors (Lipinski definition) is 1. The minimum atomic E-state index is -3.85. The zero-order valence-corrected chi connectivity index (χ0v) is 26.6. The number of nitrogens with zero attached hydrogens (tertiary/aromatic N) is 2. The standard InChI is InChI=1S/C31H37Cl2N3O4S/c1-21-12-15-26(16-22(21)2)36(41(6,39)40)20-29(37)35(19-24-13-14-25(32)18-27(24)33)28(30(38)34-31(3,4)5)17-23-10-8-7-9-11-23/h7-16,18,28H,17,19-20H2,1-6H3,(H,34,38). The van der Waals surface area contributed by atoms with Gasteiger partial charge in [-0.1, -0.05) is 65.7 Å². The molecule has 41 heavy (non-hydrogen) atoms. The number of amides is 2. The lowest BCUT2D eigenvalue weighted by molar-refractivity contribution is -0.140. The van der Waals surface area contributed by atoms with E-state index >= 15 is 0 Å². The summed E-state index contributed by atoms with van der Waals surface area (Å²) in [5.74, 6) is -0.915. The van der Waals surface area contributed by atoms with Crippen LogP contribution in [0.2, 0.25) is 10.0 Å². The van der Waals surface area contributed by atoms with Crippen LogP contribution in [0.3, 0.4) is 0 Å². The van der Waals surface area contributed by atoms with Crippen molar-refractivity contribution in [3.05, 3.63) is 99.0 Å². The quantitative estimate of drug-likeness (QED) is 0.305. The molecule has 1 atom stereocenters. The summed E-state index contributed by atoms with van der Waals surface area (Å²) in [4.78, 5) is 29.4. The number of halogens is 2. The highest BCUT2D eigenvalue weighted by atomic mass is 35.5. The van der Waals surface area contributed by atoms with Crippen LogP contribution in [0, 0.1) is 13.8 Å². The summed E-state index contributed by atoms with van der Waals surface area (Å²) >= 11 is 12.6. The van der Waals surface area contributed by atoms with Gasteiger partial charge in [0.15, 0.2) is 0 Å². The van der Waals surface area contributed by atoms with Crippen molar-refractivity contribution in [3.63, 3.8) is 0 Å². The molecule has 0 aliphatic heterocycles. The summed E-state index contributed by atoms with van der Waals surface area (Å²) < 4.78 is 27.0. The molecule has 3 aromatic rings. The molecule has 0 radical (unpaired) electrons. The number of carbonyl (C=O) groups is 2. The second-order valence-corrected chi connectivity index (χ2v) is 14.0.